The number of nitrogens with two attached hydrogens (primary N) is 1. The van der Waals surface area contributed by atoms with Gasteiger partial charge in [-0.05, 0) is 23.8 Å². The van der Waals surface area contributed by atoms with Crippen molar-refractivity contribution in [3.8, 4) is 0 Å². The van der Waals surface area contributed by atoms with Gasteiger partial charge in [-0.25, -0.2) is 0 Å². The lowest BCUT2D eigenvalue weighted by Crippen LogP contribution is -2.47. The Kier molecular flexibility index (Phi) is 3.37. The highest BCUT2D eigenvalue weighted by Gasteiger charge is 2.69. The van der Waals surface area contributed by atoms with E-state index in [1.807, 2.05) is 0 Å². The lowest BCUT2D eigenvalue weighted by Gasteiger charge is -2.28. The van der Waals surface area contributed by atoms with E-state index < -0.39 is 5.91 Å². The van der Waals surface area contributed by atoms with Crippen molar-refractivity contribution in [2.24, 2.45) is 22.5 Å². The molecule has 2 amide bonds. The minimum Gasteiger partial charge on any atom is -0.368 e. The second-order valence-electron chi connectivity index (χ2n) is 6.96. The van der Waals surface area contributed by atoms with Gasteiger partial charge in [0.2, 0.25) is 11.8 Å². The Bertz CT molecular complexity index is 383. The molecule has 1 saturated carbocycles. The van der Waals surface area contributed by atoms with Crippen molar-refractivity contribution in [1.29, 1.82) is 0 Å². The van der Waals surface area contributed by atoms with Gasteiger partial charge in [-0.3, -0.25) is 9.59 Å². The number of hydrogen-bond acceptors (Lipinski definition) is 3. The van der Waals surface area contributed by atoms with Crippen LogP contribution in [0, 0.1) is 16.7 Å². The van der Waals surface area contributed by atoms with E-state index in [9.17, 15) is 9.59 Å². The average molecular weight is 267 g/mol. The summed E-state index contributed by atoms with van der Waals surface area (Å²) in [6, 6.07) is 0.104. The molecule has 1 atom stereocenters. The Morgan fingerprint density at radius 1 is 1.26 bits per heavy atom. The van der Waals surface area contributed by atoms with Gasteiger partial charge < -0.3 is 16.0 Å². The van der Waals surface area contributed by atoms with Crippen LogP contribution in [0.5, 0.6) is 0 Å². The van der Waals surface area contributed by atoms with Crippen LogP contribution in [0.25, 0.3) is 0 Å². The maximum absolute atomic E-state index is 12.7. The van der Waals surface area contributed by atoms with E-state index in [0.717, 1.165) is 19.5 Å². The lowest BCUT2D eigenvalue weighted by molar-refractivity contribution is -0.139. The zero-order chi connectivity index (χ0) is 14.4. The van der Waals surface area contributed by atoms with Crippen molar-refractivity contribution in [3.05, 3.63) is 0 Å². The topological polar surface area (TPSA) is 75.4 Å². The molecule has 0 aromatic rings. The second kappa shape index (κ2) is 4.47. The Hall–Kier alpha value is -1.10. The van der Waals surface area contributed by atoms with Gasteiger partial charge in [-0.2, -0.15) is 0 Å². The van der Waals surface area contributed by atoms with Gasteiger partial charge >= 0.3 is 0 Å². The molecule has 0 spiro atoms. The van der Waals surface area contributed by atoms with Crippen molar-refractivity contribution in [1.82, 2.24) is 10.2 Å². The highest BCUT2D eigenvalue weighted by atomic mass is 16.2. The highest BCUT2D eigenvalue weighted by Crippen LogP contribution is 2.68. The summed E-state index contributed by atoms with van der Waals surface area (Å²) in [4.78, 5) is 25.7. The number of primary amides is 1. The summed E-state index contributed by atoms with van der Waals surface area (Å²) in [5, 5.41) is 3.24. The molecule has 0 aromatic carbocycles. The molecule has 5 heteroatoms. The van der Waals surface area contributed by atoms with Gasteiger partial charge in [0.15, 0.2) is 0 Å². The monoisotopic (exact) mass is 267 g/mol. The van der Waals surface area contributed by atoms with Crippen molar-refractivity contribution in [2.45, 2.75) is 40.2 Å². The third kappa shape index (κ3) is 2.24. The van der Waals surface area contributed by atoms with Crippen LogP contribution in [-0.4, -0.2) is 42.4 Å². The normalized spacial score (nSPS) is 28.1. The minimum atomic E-state index is -0.434. The van der Waals surface area contributed by atoms with Gasteiger partial charge in [-0.1, -0.05) is 27.7 Å². The molecule has 19 heavy (non-hydrogen) atoms. The molecule has 108 valence electrons. The van der Waals surface area contributed by atoms with Crippen LogP contribution in [0.4, 0.5) is 0 Å². The average Bonchev–Trinajstić information content (AvgIpc) is 2.71. The fraction of sp³-hybridized carbons (Fsp3) is 0.857. The third-order valence-electron chi connectivity index (χ3n) is 5.35. The first-order chi connectivity index (χ1) is 8.69. The Morgan fingerprint density at radius 2 is 1.84 bits per heavy atom. The molecule has 1 aliphatic carbocycles. The number of amides is 2. The van der Waals surface area contributed by atoms with E-state index in [2.05, 4.69) is 33.0 Å². The largest absolute Gasteiger partial charge is 0.368 e. The predicted octanol–water partition coefficient (Wildman–Crippen LogP) is 0.344. The van der Waals surface area contributed by atoms with E-state index in [1.165, 1.54) is 0 Å². The molecule has 1 heterocycles. The smallest absolute Gasteiger partial charge is 0.237 e. The first-order valence-corrected chi connectivity index (χ1v) is 6.99. The quantitative estimate of drug-likeness (QED) is 0.771. The molecule has 5 nitrogen and oxygen atoms in total. The molecule has 2 fully saturated rings. The Labute approximate surface area is 114 Å². The van der Waals surface area contributed by atoms with Crippen LogP contribution in [0.1, 0.15) is 34.1 Å². The maximum atomic E-state index is 12.7. The first-order valence-electron chi connectivity index (χ1n) is 6.99. The van der Waals surface area contributed by atoms with Crippen LogP contribution in [0.15, 0.2) is 0 Å². The van der Waals surface area contributed by atoms with Gasteiger partial charge in [-0.15, -0.1) is 0 Å². The van der Waals surface area contributed by atoms with Crippen molar-refractivity contribution >= 4 is 11.8 Å². The van der Waals surface area contributed by atoms with Crippen LogP contribution < -0.4 is 11.1 Å². The summed E-state index contributed by atoms with van der Waals surface area (Å²) >= 11 is 0. The van der Waals surface area contributed by atoms with Crippen molar-refractivity contribution in [2.75, 3.05) is 19.6 Å². The van der Waals surface area contributed by atoms with E-state index in [0.29, 0.717) is 0 Å². The summed E-state index contributed by atoms with van der Waals surface area (Å²) < 4.78 is 0. The summed E-state index contributed by atoms with van der Waals surface area (Å²) in [7, 11) is 0. The third-order valence-corrected chi connectivity index (χ3v) is 5.35. The van der Waals surface area contributed by atoms with Crippen LogP contribution >= 0.6 is 0 Å². The molecule has 2 rings (SSSR count). The van der Waals surface area contributed by atoms with Crippen molar-refractivity contribution < 1.29 is 9.59 Å². The number of nitrogens with one attached hydrogen (secondary N) is 1. The molecule has 0 bridgehead atoms. The highest BCUT2D eigenvalue weighted by molar-refractivity contribution is 5.88. The zero-order valence-corrected chi connectivity index (χ0v) is 12.3. The zero-order valence-electron chi connectivity index (χ0n) is 12.3. The fourth-order valence-electron chi connectivity index (χ4n) is 3.44. The summed E-state index contributed by atoms with van der Waals surface area (Å²) in [6.45, 7) is 10.1. The van der Waals surface area contributed by atoms with E-state index in [-0.39, 0.29) is 35.2 Å². The first kappa shape index (κ1) is 14.3. The molecule has 3 N–H and O–H groups in total. The van der Waals surface area contributed by atoms with Crippen LogP contribution in [-0.2, 0) is 9.59 Å². The van der Waals surface area contributed by atoms with Gasteiger partial charge in [0.1, 0.15) is 0 Å². The molecule has 2 aliphatic rings. The molecular formula is C14H25N3O2. The second-order valence-corrected chi connectivity index (χ2v) is 6.96. The summed E-state index contributed by atoms with van der Waals surface area (Å²) in [5.41, 5.74) is 5.29. The predicted molar refractivity (Wildman–Crippen MR) is 73.2 cm³/mol. The van der Waals surface area contributed by atoms with Gasteiger partial charge in [0, 0.05) is 18.5 Å². The number of carbonyl (C=O) groups is 2. The number of carbonyl (C=O) groups excluding carboxylic acids is 2. The standard InChI is InChI=1S/C14H25N3O2/c1-13(2)11(14(13,3)4)12(19)17(8-10(15)18)9-5-6-16-7-9/h9,11,16H,5-8H2,1-4H3,(H2,15,18). The van der Waals surface area contributed by atoms with Crippen LogP contribution in [0.3, 0.4) is 0 Å². The fourth-order valence-corrected chi connectivity index (χ4v) is 3.44. The molecule has 0 radical (unpaired) electrons. The number of rotatable bonds is 4. The molecule has 1 aliphatic heterocycles. The lowest BCUT2D eigenvalue weighted by atomic mass is 10.0. The molecule has 1 saturated heterocycles. The van der Waals surface area contributed by atoms with E-state index in [4.69, 9.17) is 5.73 Å². The summed E-state index contributed by atoms with van der Waals surface area (Å²) in [6.07, 6.45) is 0.895. The number of hydrogen-bond donors (Lipinski definition) is 2. The van der Waals surface area contributed by atoms with Gasteiger partial charge in [0.25, 0.3) is 0 Å². The minimum absolute atomic E-state index is 0.00792. The summed E-state index contributed by atoms with van der Waals surface area (Å²) in [5.74, 6) is -0.362. The van der Waals surface area contributed by atoms with E-state index in [1.54, 1.807) is 4.90 Å². The molecule has 0 aromatic heterocycles. The van der Waals surface area contributed by atoms with Crippen molar-refractivity contribution in [3.63, 3.8) is 0 Å². The maximum Gasteiger partial charge on any atom is 0.237 e. The molecule has 1 unspecified atom stereocenters. The van der Waals surface area contributed by atoms with E-state index >= 15 is 0 Å². The SMILES string of the molecule is CC1(C)C(C(=O)N(CC(N)=O)C2CCNC2)C1(C)C. The van der Waals surface area contributed by atoms with Crippen LogP contribution in [0.2, 0.25) is 0 Å². The Balaban J connectivity index is 2.15. The molecular weight excluding hydrogens is 242 g/mol. The Morgan fingerprint density at radius 3 is 2.21 bits per heavy atom. The van der Waals surface area contributed by atoms with Gasteiger partial charge in [0.05, 0.1) is 6.54 Å². The number of nitrogens with zero attached hydrogens (tertiary/aromatic N) is 1.